The summed E-state index contributed by atoms with van der Waals surface area (Å²) in [5, 5.41) is 12.2. The van der Waals surface area contributed by atoms with Gasteiger partial charge in [-0.25, -0.2) is 0 Å². The van der Waals surface area contributed by atoms with Crippen molar-refractivity contribution in [2.24, 2.45) is 11.8 Å². The van der Waals surface area contributed by atoms with Crippen LogP contribution in [-0.4, -0.2) is 23.7 Å². The smallest absolute Gasteiger partial charge is 0.308 e. The summed E-state index contributed by atoms with van der Waals surface area (Å²) in [5.74, 6) is -0.316. The highest BCUT2D eigenvalue weighted by atomic mass is 16.4. The number of hydrogen-bond donors (Lipinski definition) is 2. The molecule has 0 aromatic carbocycles. The number of carboxylic acid groups (broad SMARTS) is 1. The first-order valence-corrected chi connectivity index (χ1v) is 4.75. The molecule has 0 aromatic heterocycles. The summed E-state index contributed by atoms with van der Waals surface area (Å²) in [6.07, 6.45) is 4.76. The average Bonchev–Trinajstić information content (AvgIpc) is 2.47. The molecule has 0 bridgehead atoms. The highest BCUT2D eigenvalue weighted by Crippen LogP contribution is 2.34. The molecule has 1 saturated carbocycles. The Hall–Kier alpha value is -0.570. The van der Waals surface area contributed by atoms with Gasteiger partial charge in [0, 0.05) is 12.6 Å². The van der Waals surface area contributed by atoms with Gasteiger partial charge in [0.25, 0.3) is 0 Å². The zero-order valence-corrected chi connectivity index (χ0v) is 7.12. The van der Waals surface area contributed by atoms with Crippen molar-refractivity contribution in [3.63, 3.8) is 0 Å². The fraction of sp³-hybridized carbons (Fsp3) is 0.889. The molecule has 1 aliphatic carbocycles. The molecule has 3 atom stereocenters. The van der Waals surface area contributed by atoms with Crippen molar-refractivity contribution in [1.29, 1.82) is 0 Å². The van der Waals surface area contributed by atoms with Crippen molar-refractivity contribution >= 4 is 5.97 Å². The molecule has 2 fully saturated rings. The van der Waals surface area contributed by atoms with Crippen molar-refractivity contribution in [3.8, 4) is 0 Å². The first-order chi connectivity index (χ1) is 5.79. The van der Waals surface area contributed by atoms with E-state index in [9.17, 15) is 4.79 Å². The van der Waals surface area contributed by atoms with Gasteiger partial charge in [-0.1, -0.05) is 12.8 Å². The zero-order valence-electron chi connectivity index (χ0n) is 7.12. The summed E-state index contributed by atoms with van der Waals surface area (Å²) in [6, 6.07) is 0.500. The van der Waals surface area contributed by atoms with E-state index in [0.717, 1.165) is 6.42 Å². The van der Waals surface area contributed by atoms with E-state index in [1.54, 1.807) is 0 Å². The van der Waals surface area contributed by atoms with Crippen molar-refractivity contribution < 1.29 is 9.90 Å². The summed E-state index contributed by atoms with van der Waals surface area (Å²) < 4.78 is 0. The predicted octanol–water partition coefficient (Wildman–Crippen LogP) is 0.849. The molecule has 3 nitrogen and oxygen atoms in total. The number of fused-ring (bicyclic) bond motifs is 1. The zero-order chi connectivity index (χ0) is 8.55. The SMILES string of the molecule is O=C(O)C1CN[C@H]2CCCCC12. The topological polar surface area (TPSA) is 49.3 Å². The van der Waals surface area contributed by atoms with E-state index >= 15 is 0 Å². The Kier molecular flexibility index (Phi) is 2.05. The quantitative estimate of drug-likeness (QED) is 0.611. The van der Waals surface area contributed by atoms with Crippen LogP contribution in [0.5, 0.6) is 0 Å². The molecule has 0 radical (unpaired) electrons. The lowest BCUT2D eigenvalue weighted by atomic mass is 9.80. The van der Waals surface area contributed by atoms with E-state index < -0.39 is 5.97 Å². The lowest BCUT2D eigenvalue weighted by Gasteiger charge is -2.26. The molecule has 0 amide bonds. The van der Waals surface area contributed by atoms with Crippen LogP contribution < -0.4 is 5.32 Å². The molecule has 1 saturated heterocycles. The van der Waals surface area contributed by atoms with Crippen LogP contribution >= 0.6 is 0 Å². The van der Waals surface area contributed by atoms with Gasteiger partial charge in [0.15, 0.2) is 0 Å². The lowest BCUT2D eigenvalue weighted by molar-refractivity contribution is -0.142. The normalized spacial score (nSPS) is 40.8. The standard InChI is InChI=1S/C9H15NO2/c11-9(12)7-5-10-8-4-2-1-3-6(7)8/h6-8,10H,1-5H2,(H,11,12)/t6?,7?,8-/m0/s1. The second-order valence-electron chi connectivity index (χ2n) is 3.91. The van der Waals surface area contributed by atoms with E-state index in [4.69, 9.17) is 5.11 Å². The molecule has 68 valence electrons. The van der Waals surface area contributed by atoms with E-state index in [1.165, 1.54) is 19.3 Å². The van der Waals surface area contributed by atoms with Gasteiger partial charge in [-0.05, 0) is 18.8 Å². The molecule has 0 aromatic rings. The predicted molar refractivity (Wildman–Crippen MR) is 44.9 cm³/mol. The molecule has 2 rings (SSSR count). The number of carboxylic acids is 1. The van der Waals surface area contributed by atoms with Gasteiger partial charge in [-0.3, -0.25) is 4.79 Å². The molecule has 2 unspecified atom stereocenters. The van der Waals surface area contributed by atoms with Crippen LogP contribution in [0.2, 0.25) is 0 Å². The first kappa shape index (κ1) is 8.05. The third kappa shape index (κ3) is 1.22. The Labute approximate surface area is 72.2 Å². The molecule has 1 heterocycles. The fourth-order valence-electron chi connectivity index (χ4n) is 2.59. The number of rotatable bonds is 1. The van der Waals surface area contributed by atoms with Crippen molar-refractivity contribution in [2.45, 2.75) is 31.7 Å². The average molecular weight is 169 g/mol. The minimum absolute atomic E-state index is 0.115. The third-order valence-electron chi connectivity index (χ3n) is 3.25. The summed E-state index contributed by atoms with van der Waals surface area (Å²) in [6.45, 7) is 0.685. The number of nitrogens with one attached hydrogen (secondary N) is 1. The van der Waals surface area contributed by atoms with Crippen LogP contribution in [-0.2, 0) is 4.79 Å². The van der Waals surface area contributed by atoms with Crippen molar-refractivity contribution in [3.05, 3.63) is 0 Å². The van der Waals surface area contributed by atoms with Crippen LogP contribution in [0.15, 0.2) is 0 Å². The molecule has 2 aliphatic rings. The van der Waals surface area contributed by atoms with Gasteiger partial charge in [-0.2, -0.15) is 0 Å². The van der Waals surface area contributed by atoms with E-state index in [-0.39, 0.29) is 5.92 Å². The van der Waals surface area contributed by atoms with Crippen LogP contribution in [0.1, 0.15) is 25.7 Å². The second kappa shape index (κ2) is 3.05. The van der Waals surface area contributed by atoms with Gasteiger partial charge in [0.2, 0.25) is 0 Å². The van der Waals surface area contributed by atoms with Crippen molar-refractivity contribution in [2.75, 3.05) is 6.54 Å². The molecule has 3 heteroatoms. The fourth-order valence-corrected chi connectivity index (χ4v) is 2.59. The summed E-state index contributed by atoms with van der Waals surface area (Å²) in [7, 11) is 0. The Morgan fingerprint density at radius 3 is 2.83 bits per heavy atom. The molecule has 1 aliphatic heterocycles. The number of carbonyl (C=O) groups is 1. The number of hydrogen-bond acceptors (Lipinski definition) is 2. The van der Waals surface area contributed by atoms with Crippen LogP contribution in [0.25, 0.3) is 0 Å². The van der Waals surface area contributed by atoms with E-state index in [0.29, 0.717) is 18.5 Å². The molecule has 2 N–H and O–H groups in total. The summed E-state index contributed by atoms with van der Waals surface area (Å²) in [4.78, 5) is 10.8. The first-order valence-electron chi connectivity index (χ1n) is 4.75. The van der Waals surface area contributed by atoms with E-state index in [1.807, 2.05) is 0 Å². The summed E-state index contributed by atoms with van der Waals surface area (Å²) >= 11 is 0. The van der Waals surface area contributed by atoms with E-state index in [2.05, 4.69) is 5.32 Å². The highest BCUT2D eigenvalue weighted by molar-refractivity contribution is 5.71. The van der Waals surface area contributed by atoms with Gasteiger partial charge in [0.05, 0.1) is 5.92 Å². The lowest BCUT2D eigenvalue weighted by Crippen LogP contribution is -2.31. The third-order valence-corrected chi connectivity index (χ3v) is 3.25. The van der Waals surface area contributed by atoms with Crippen LogP contribution in [0.3, 0.4) is 0 Å². The van der Waals surface area contributed by atoms with Crippen LogP contribution in [0.4, 0.5) is 0 Å². The van der Waals surface area contributed by atoms with Crippen molar-refractivity contribution in [1.82, 2.24) is 5.32 Å². The Bertz CT molecular complexity index is 193. The maximum absolute atomic E-state index is 10.8. The minimum atomic E-state index is -0.614. The van der Waals surface area contributed by atoms with Gasteiger partial charge in [0.1, 0.15) is 0 Å². The Morgan fingerprint density at radius 2 is 2.08 bits per heavy atom. The second-order valence-corrected chi connectivity index (χ2v) is 3.91. The summed E-state index contributed by atoms with van der Waals surface area (Å²) in [5.41, 5.74) is 0. The van der Waals surface area contributed by atoms with Gasteiger partial charge in [-0.15, -0.1) is 0 Å². The number of aliphatic carboxylic acids is 1. The van der Waals surface area contributed by atoms with Gasteiger partial charge < -0.3 is 10.4 Å². The highest BCUT2D eigenvalue weighted by Gasteiger charge is 2.40. The van der Waals surface area contributed by atoms with Gasteiger partial charge >= 0.3 is 5.97 Å². The Morgan fingerprint density at radius 1 is 1.33 bits per heavy atom. The molecular formula is C9H15NO2. The maximum Gasteiger partial charge on any atom is 0.308 e. The molecule has 0 spiro atoms. The monoisotopic (exact) mass is 169 g/mol. The molecular weight excluding hydrogens is 154 g/mol. The maximum atomic E-state index is 10.8. The Balaban J connectivity index is 2.05. The van der Waals surface area contributed by atoms with Crippen LogP contribution in [0, 0.1) is 11.8 Å². The minimum Gasteiger partial charge on any atom is -0.481 e. The molecule has 12 heavy (non-hydrogen) atoms. The largest absolute Gasteiger partial charge is 0.481 e.